The molecule has 0 saturated heterocycles. The lowest BCUT2D eigenvalue weighted by molar-refractivity contribution is 0.411. The summed E-state index contributed by atoms with van der Waals surface area (Å²) in [6, 6.07) is 62.2. The lowest BCUT2D eigenvalue weighted by atomic mass is 9.96. The van der Waals surface area contributed by atoms with Crippen LogP contribution in [0, 0.1) is 0 Å². The van der Waals surface area contributed by atoms with Gasteiger partial charge in [-0.15, -0.1) is 0 Å². The van der Waals surface area contributed by atoms with Crippen LogP contribution in [0.4, 0.5) is 0 Å². The minimum atomic E-state index is -0.268. The Kier molecular flexibility index (Phi) is 7.00. The van der Waals surface area contributed by atoms with Gasteiger partial charge in [0.25, 0.3) is 0 Å². The Bertz CT molecular complexity index is 2760. The quantitative estimate of drug-likeness (QED) is 0.194. The van der Waals surface area contributed by atoms with Gasteiger partial charge in [-0.25, -0.2) is 4.99 Å². The minimum absolute atomic E-state index is 0.231. The minimum Gasteiger partial charge on any atom is -0.456 e. The molecule has 2 N–H and O–H groups in total. The zero-order valence-electron chi connectivity index (χ0n) is 27.8. The molecular formula is C47H33N3O. The Morgan fingerprint density at radius 2 is 1.18 bits per heavy atom. The van der Waals surface area contributed by atoms with Gasteiger partial charge in [-0.05, 0) is 73.6 Å². The van der Waals surface area contributed by atoms with E-state index in [2.05, 4.69) is 180 Å². The highest BCUT2D eigenvalue weighted by atomic mass is 16.3. The van der Waals surface area contributed by atoms with Crippen molar-refractivity contribution in [3.8, 4) is 22.3 Å². The molecular weight excluding hydrogens is 623 g/mol. The topological polar surface area (TPSA) is 49.6 Å². The molecule has 4 heteroatoms. The monoisotopic (exact) mass is 655 g/mol. The van der Waals surface area contributed by atoms with Crippen molar-refractivity contribution < 1.29 is 4.42 Å². The van der Waals surface area contributed by atoms with E-state index in [1.165, 1.54) is 38.2 Å². The molecule has 2 atom stereocenters. The molecule has 4 nitrogen and oxygen atoms in total. The number of rotatable bonds is 5. The molecule has 9 aromatic rings. The van der Waals surface area contributed by atoms with Crippen molar-refractivity contribution in [1.29, 1.82) is 0 Å². The summed E-state index contributed by atoms with van der Waals surface area (Å²) < 4.78 is 6.60. The van der Waals surface area contributed by atoms with E-state index in [4.69, 9.17) is 9.41 Å². The summed E-state index contributed by atoms with van der Waals surface area (Å²) in [5, 5.41) is 14.7. The third-order valence-corrected chi connectivity index (χ3v) is 10.2. The standard InChI is InChI=1S/C47H33N3O/c1-2-10-30(11-3-1)32-20-23-34(24-21-32)45-48-46(37-25-22-31-12-4-5-14-35(31)28-37)50-47(49-45)41-18-9-19-42-44(41)40-27-26-36(29-43(40)51-42)39-17-8-15-33-13-6-7-16-38(33)39/h1-29,46-47,50H,(H,48,49). The van der Waals surface area contributed by atoms with Crippen molar-refractivity contribution in [3.05, 3.63) is 193 Å². The van der Waals surface area contributed by atoms with Gasteiger partial charge >= 0.3 is 0 Å². The summed E-state index contributed by atoms with van der Waals surface area (Å²) in [5.41, 5.74) is 9.70. The highest BCUT2D eigenvalue weighted by Gasteiger charge is 2.28. The fourth-order valence-corrected chi connectivity index (χ4v) is 7.60. The molecule has 0 amide bonds. The first kappa shape index (κ1) is 29.4. The number of hydrogen-bond donors (Lipinski definition) is 2. The second-order valence-corrected chi connectivity index (χ2v) is 13.2. The summed E-state index contributed by atoms with van der Waals surface area (Å²) in [6.45, 7) is 0. The first-order chi connectivity index (χ1) is 25.2. The summed E-state index contributed by atoms with van der Waals surface area (Å²) >= 11 is 0. The smallest absolute Gasteiger partial charge is 0.136 e. The molecule has 0 bridgehead atoms. The number of aliphatic imine (C=N–C) groups is 1. The van der Waals surface area contributed by atoms with Crippen LogP contribution in [-0.2, 0) is 0 Å². The van der Waals surface area contributed by atoms with Crippen molar-refractivity contribution in [2.45, 2.75) is 12.3 Å². The molecule has 2 heterocycles. The van der Waals surface area contributed by atoms with Gasteiger partial charge in [0, 0.05) is 21.9 Å². The van der Waals surface area contributed by atoms with E-state index in [0.29, 0.717) is 0 Å². The lowest BCUT2D eigenvalue weighted by Gasteiger charge is -2.32. The molecule has 0 saturated carbocycles. The number of nitrogens with one attached hydrogen (secondary N) is 2. The Morgan fingerprint density at radius 1 is 0.471 bits per heavy atom. The van der Waals surface area contributed by atoms with E-state index in [1.54, 1.807) is 0 Å². The van der Waals surface area contributed by atoms with Crippen molar-refractivity contribution >= 4 is 49.3 Å². The number of nitrogens with zero attached hydrogens (tertiary/aromatic N) is 1. The van der Waals surface area contributed by atoms with Gasteiger partial charge in [-0.2, -0.15) is 0 Å². The van der Waals surface area contributed by atoms with Gasteiger partial charge in [0.15, 0.2) is 0 Å². The largest absolute Gasteiger partial charge is 0.456 e. The average molecular weight is 656 g/mol. The molecule has 0 fully saturated rings. The lowest BCUT2D eigenvalue weighted by Crippen LogP contribution is -2.45. The van der Waals surface area contributed by atoms with Gasteiger partial charge < -0.3 is 9.73 Å². The molecule has 0 radical (unpaired) electrons. The van der Waals surface area contributed by atoms with Gasteiger partial charge in [-0.3, -0.25) is 5.32 Å². The molecule has 1 aliphatic rings. The summed E-state index contributed by atoms with van der Waals surface area (Å²) in [5.74, 6) is 0.847. The van der Waals surface area contributed by atoms with E-state index < -0.39 is 0 Å². The van der Waals surface area contributed by atoms with Crippen LogP contribution in [0.2, 0.25) is 0 Å². The predicted molar refractivity (Wildman–Crippen MR) is 211 cm³/mol. The van der Waals surface area contributed by atoms with Crippen LogP contribution in [0.25, 0.3) is 65.7 Å². The molecule has 8 aromatic carbocycles. The molecule has 1 aliphatic heterocycles. The molecule has 242 valence electrons. The average Bonchev–Trinajstić information content (AvgIpc) is 3.59. The highest BCUT2D eigenvalue weighted by Crippen LogP contribution is 2.39. The maximum Gasteiger partial charge on any atom is 0.136 e. The van der Waals surface area contributed by atoms with Gasteiger partial charge in [-0.1, -0.05) is 152 Å². The number of furan rings is 1. The second-order valence-electron chi connectivity index (χ2n) is 13.2. The van der Waals surface area contributed by atoms with Crippen LogP contribution in [-0.4, -0.2) is 5.84 Å². The van der Waals surface area contributed by atoms with Crippen LogP contribution in [0.5, 0.6) is 0 Å². The summed E-state index contributed by atoms with van der Waals surface area (Å²) in [6.07, 6.45) is -0.499. The number of amidine groups is 1. The zero-order chi connectivity index (χ0) is 33.7. The Labute approximate surface area is 295 Å². The van der Waals surface area contributed by atoms with Crippen LogP contribution in [0.15, 0.2) is 185 Å². The number of fused-ring (bicyclic) bond motifs is 5. The first-order valence-corrected chi connectivity index (χ1v) is 17.4. The zero-order valence-corrected chi connectivity index (χ0v) is 27.8. The predicted octanol–water partition coefficient (Wildman–Crippen LogP) is 11.6. The maximum absolute atomic E-state index is 6.60. The van der Waals surface area contributed by atoms with Gasteiger partial charge in [0.1, 0.15) is 29.3 Å². The van der Waals surface area contributed by atoms with Gasteiger partial charge in [0.2, 0.25) is 0 Å². The van der Waals surface area contributed by atoms with Crippen molar-refractivity contribution in [2.75, 3.05) is 0 Å². The molecule has 10 rings (SSSR count). The van der Waals surface area contributed by atoms with Crippen LogP contribution in [0.3, 0.4) is 0 Å². The summed E-state index contributed by atoms with van der Waals surface area (Å²) in [4.78, 5) is 5.28. The van der Waals surface area contributed by atoms with E-state index >= 15 is 0 Å². The fraction of sp³-hybridized carbons (Fsp3) is 0.0426. The van der Waals surface area contributed by atoms with Crippen LogP contribution >= 0.6 is 0 Å². The Hall–Kier alpha value is -6.49. The van der Waals surface area contributed by atoms with Crippen molar-refractivity contribution in [2.24, 2.45) is 4.99 Å². The van der Waals surface area contributed by atoms with E-state index in [0.717, 1.165) is 50.0 Å². The normalized spacial score (nSPS) is 16.0. The third kappa shape index (κ3) is 5.25. The Morgan fingerprint density at radius 3 is 2.06 bits per heavy atom. The van der Waals surface area contributed by atoms with E-state index in [1.807, 2.05) is 6.07 Å². The van der Waals surface area contributed by atoms with Crippen LogP contribution < -0.4 is 10.6 Å². The Balaban J connectivity index is 1.08. The first-order valence-electron chi connectivity index (χ1n) is 17.4. The molecule has 51 heavy (non-hydrogen) atoms. The molecule has 2 unspecified atom stereocenters. The van der Waals surface area contributed by atoms with Gasteiger partial charge in [0.05, 0.1) is 0 Å². The number of hydrogen-bond acceptors (Lipinski definition) is 4. The molecule has 1 aromatic heterocycles. The SMILES string of the molecule is c1ccc(-c2ccc(C3=NC(c4ccc5ccccc5c4)NC(c4cccc5oc6cc(-c7cccc8ccccc78)ccc6c45)N3)cc2)cc1. The van der Waals surface area contributed by atoms with E-state index in [-0.39, 0.29) is 12.3 Å². The number of benzene rings is 8. The van der Waals surface area contributed by atoms with E-state index in [9.17, 15) is 0 Å². The van der Waals surface area contributed by atoms with Crippen molar-refractivity contribution in [1.82, 2.24) is 10.6 Å². The highest BCUT2D eigenvalue weighted by molar-refractivity contribution is 6.09. The fourth-order valence-electron chi connectivity index (χ4n) is 7.60. The van der Waals surface area contributed by atoms with Crippen molar-refractivity contribution in [3.63, 3.8) is 0 Å². The third-order valence-electron chi connectivity index (χ3n) is 10.2. The maximum atomic E-state index is 6.60. The molecule has 0 spiro atoms. The van der Waals surface area contributed by atoms with Crippen LogP contribution in [0.1, 0.15) is 29.0 Å². The summed E-state index contributed by atoms with van der Waals surface area (Å²) in [7, 11) is 0. The second kappa shape index (κ2) is 12.1. The molecule has 0 aliphatic carbocycles.